The third-order valence-electron chi connectivity index (χ3n) is 4.10. The first-order valence-corrected chi connectivity index (χ1v) is 9.43. The maximum atomic E-state index is 10.7. The highest BCUT2D eigenvalue weighted by Gasteiger charge is 2.10. The number of nitrogens with two attached hydrogens (primary N) is 1. The Morgan fingerprint density at radius 3 is 2.83 bits per heavy atom. The summed E-state index contributed by atoms with van der Waals surface area (Å²) >= 11 is 0. The average Bonchev–Trinajstić information content (AvgIpc) is 2.73. The van der Waals surface area contributed by atoms with Gasteiger partial charge in [-0.1, -0.05) is 12.1 Å². The summed E-state index contributed by atoms with van der Waals surface area (Å²) in [6.07, 6.45) is 2.82. The van der Waals surface area contributed by atoms with E-state index in [-0.39, 0.29) is 6.42 Å². The number of carboxylic acid groups (broad SMARTS) is 1. The van der Waals surface area contributed by atoms with Gasteiger partial charge < -0.3 is 26.2 Å². The molecule has 0 aliphatic rings. The van der Waals surface area contributed by atoms with Crippen LogP contribution in [0, 0.1) is 0 Å². The molecule has 0 fully saturated rings. The van der Waals surface area contributed by atoms with Crippen LogP contribution in [0.25, 0.3) is 11.0 Å². The number of para-hydroxylation sites is 2. The molecular formula is C20H24N6O3. The fourth-order valence-corrected chi connectivity index (χ4v) is 2.68. The van der Waals surface area contributed by atoms with Gasteiger partial charge >= 0.3 is 5.97 Å². The van der Waals surface area contributed by atoms with Gasteiger partial charge in [-0.2, -0.15) is 0 Å². The summed E-state index contributed by atoms with van der Waals surface area (Å²) < 4.78 is 5.75. The van der Waals surface area contributed by atoms with Crippen molar-refractivity contribution < 1.29 is 14.6 Å². The SMILES string of the molecule is NCCCNc1ccc2ncnc(Nc3ccccc3OCCCC(=O)O)c2n1. The molecule has 9 nitrogen and oxygen atoms in total. The Morgan fingerprint density at radius 1 is 1.14 bits per heavy atom. The van der Waals surface area contributed by atoms with E-state index < -0.39 is 5.97 Å². The Morgan fingerprint density at radius 2 is 2.00 bits per heavy atom. The molecule has 3 rings (SSSR count). The first-order chi connectivity index (χ1) is 14.2. The summed E-state index contributed by atoms with van der Waals surface area (Å²) in [4.78, 5) is 23.9. The number of hydrogen-bond acceptors (Lipinski definition) is 8. The van der Waals surface area contributed by atoms with E-state index in [1.165, 1.54) is 6.33 Å². The number of carboxylic acids is 1. The van der Waals surface area contributed by atoms with E-state index in [4.69, 9.17) is 15.6 Å². The molecule has 2 heterocycles. The Hall–Kier alpha value is -3.46. The number of aromatic nitrogens is 3. The molecule has 0 saturated carbocycles. The van der Waals surface area contributed by atoms with E-state index in [1.807, 2.05) is 36.4 Å². The van der Waals surface area contributed by atoms with Crippen molar-refractivity contribution in [1.82, 2.24) is 15.0 Å². The lowest BCUT2D eigenvalue weighted by atomic mass is 10.2. The molecule has 2 aromatic heterocycles. The van der Waals surface area contributed by atoms with Crippen LogP contribution in [0.4, 0.5) is 17.3 Å². The third-order valence-corrected chi connectivity index (χ3v) is 4.10. The molecule has 0 bridgehead atoms. The average molecular weight is 396 g/mol. The molecule has 0 saturated heterocycles. The quantitative estimate of drug-likeness (QED) is 0.361. The van der Waals surface area contributed by atoms with E-state index in [0.717, 1.165) is 18.8 Å². The third kappa shape index (κ3) is 5.76. The van der Waals surface area contributed by atoms with Crippen LogP contribution in [0.5, 0.6) is 5.75 Å². The Labute approximate surface area is 168 Å². The number of hydrogen-bond donors (Lipinski definition) is 4. The number of nitrogens with zero attached hydrogens (tertiary/aromatic N) is 3. The minimum absolute atomic E-state index is 0.0655. The van der Waals surface area contributed by atoms with Crippen LogP contribution in [0.3, 0.4) is 0 Å². The zero-order valence-corrected chi connectivity index (χ0v) is 16.0. The second kappa shape index (κ2) is 10.2. The Balaban J connectivity index is 1.79. The smallest absolute Gasteiger partial charge is 0.303 e. The van der Waals surface area contributed by atoms with E-state index in [2.05, 4.69) is 25.6 Å². The zero-order chi connectivity index (χ0) is 20.5. The van der Waals surface area contributed by atoms with Crippen molar-refractivity contribution in [2.75, 3.05) is 30.3 Å². The second-order valence-corrected chi connectivity index (χ2v) is 6.32. The van der Waals surface area contributed by atoms with Crippen LogP contribution in [-0.4, -0.2) is 45.7 Å². The summed E-state index contributed by atoms with van der Waals surface area (Å²) in [6, 6.07) is 11.2. The van der Waals surface area contributed by atoms with E-state index in [1.54, 1.807) is 0 Å². The minimum atomic E-state index is -0.839. The van der Waals surface area contributed by atoms with Gasteiger partial charge in [-0.05, 0) is 43.7 Å². The highest BCUT2D eigenvalue weighted by Crippen LogP contribution is 2.29. The number of fused-ring (bicyclic) bond motifs is 1. The van der Waals surface area contributed by atoms with Crippen molar-refractivity contribution in [2.24, 2.45) is 5.73 Å². The number of aliphatic carboxylic acids is 1. The fourth-order valence-electron chi connectivity index (χ4n) is 2.68. The maximum absolute atomic E-state index is 10.7. The van der Waals surface area contributed by atoms with Gasteiger partial charge in [0.15, 0.2) is 5.82 Å². The highest BCUT2D eigenvalue weighted by molar-refractivity contribution is 5.88. The number of rotatable bonds is 11. The molecule has 3 aromatic rings. The molecular weight excluding hydrogens is 372 g/mol. The predicted octanol–water partition coefficient (Wildman–Crippen LogP) is 2.77. The van der Waals surface area contributed by atoms with Crippen molar-refractivity contribution >= 4 is 34.3 Å². The number of pyridine rings is 1. The molecule has 0 unspecified atom stereocenters. The lowest BCUT2D eigenvalue weighted by molar-refractivity contribution is -0.137. The molecule has 29 heavy (non-hydrogen) atoms. The van der Waals surface area contributed by atoms with Gasteiger partial charge in [-0.15, -0.1) is 0 Å². The van der Waals surface area contributed by atoms with Gasteiger partial charge in [0, 0.05) is 13.0 Å². The van der Waals surface area contributed by atoms with Crippen LogP contribution >= 0.6 is 0 Å². The van der Waals surface area contributed by atoms with Gasteiger partial charge in [-0.25, -0.2) is 15.0 Å². The van der Waals surface area contributed by atoms with Crippen LogP contribution in [0.2, 0.25) is 0 Å². The number of ether oxygens (including phenoxy) is 1. The van der Waals surface area contributed by atoms with E-state index >= 15 is 0 Å². The largest absolute Gasteiger partial charge is 0.491 e. The monoisotopic (exact) mass is 396 g/mol. The van der Waals surface area contributed by atoms with Gasteiger partial charge in [0.2, 0.25) is 0 Å². The molecule has 0 aliphatic carbocycles. The normalized spacial score (nSPS) is 10.7. The van der Waals surface area contributed by atoms with Gasteiger partial charge in [-0.3, -0.25) is 4.79 Å². The standard InChI is InChI=1S/C20H24N6O3/c21-10-4-11-22-17-9-8-15-19(26-17)20(24-13-23-15)25-14-5-1-2-6-16(14)29-12-3-7-18(27)28/h1-2,5-6,8-9,13H,3-4,7,10-12,21H2,(H,22,26)(H,27,28)(H,23,24,25). The molecule has 0 radical (unpaired) electrons. The fraction of sp³-hybridized carbons (Fsp3) is 0.300. The number of carbonyl (C=O) groups is 1. The van der Waals surface area contributed by atoms with Gasteiger partial charge in [0.25, 0.3) is 0 Å². The summed E-state index contributed by atoms with van der Waals surface area (Å²) in [6.45, 7) is 1.65. The second-order valence-electron chi connectivity index (χ2n) is 6.32. The summed E-state index contributed by atoms with van der Waals surface area (Å²) in [5.41, 5.74) is 7.59. The lowest BCUT2D eigenvalue weighted by Crippen LogP contribution is -2.09. The van der Waals surface area contributed by atoms with E-state index in [0.29, 0.717) is 47.9 Å². The minimum Gasteiger partial charge on any atom is -0.491 e. The van der Waals surface area contributed by atoms with Crippen molar-refractivity contribution in [1.29, 1.82) is 0 Å². The van der Waals surface area contributed by atoms with Crippen LogP contribution < -0.4 is 21.1 Å². The molecule has 0 aliphatic heterocycles. The van der Waals surface area contributed by atoms with Gasteiger partial charge in [0.1, 0.15) is 23.4 Å². The zero-order valence-electron chi connectivity index (χ0n) is 16.0. The molecule has 0 atom stereocenters. The summed E-state index contributed by atoms with van der Waals surface area (Å²) in [7, 11) is 0. The maximum Gasteiger partial charge on any atom is 0.303 e. The number of benzene rings is 1. The molecule has 9 heteroatoms. The lowest BCUT2D eigenvalue weighted by Gasteiger charge is -2.14. The van der Waals surface area contributed by atoms with Crippen LogP contribution in [-0.2, 0) is 4.79 Å². The number of anilines is 3. The molecule has 1 aromatic carbocycles. The topological polar surface area (TPSA) is 135 Å². The Kier molecular flexibility index (Phi) is 7.12. The summed E-state index contributed by atoms with van der Waals surface area (Å²) in [5, 5.41) is 15.2. The van der Waals surface area contributed by atoms with Crippen molar-refractivity contribution in [3.05, 3.63) is 42.7 Å². The molecule has 152 valence electrons. The predicted molar refractivity (Wildman–Crippen MR) is 112 cm³/mol. The molecule has 5 N–H and O–H groups in total. The van der Waals surface area contributed by atoms with Crippen LogP contribution in [0.1, 0.15) is 19.3 Å². The molecule has 0 spiro atoms. The highest BCUT2D eigenvalue weighted by atomic mass is 16.5. The molecule has 0 amide bonds. The first kappa shape index (κ1) is 20.3. The summed E-state index contributed by atoms with van der Waals surface area (Å²) in [5.74, 6) is 1.05. The Bertz CT molecular complexity index is 966. The van der Waals surface area contributed by atoms with Crippen LogP contribution in [0.15, 0.2) is 42.7 Å². The first-order valence-electron chi connectivity index (χ1n) is 9.43. The van der Waals surface area contributed by atoms with Crippen molar-refractivity contribution in [3.63, 3.8) is 0 Å². The van der Waals surface area contributed by atoms with Crippen molar-refractivity contribution in [2.45, 2.75) is 19.3 Å². The van der Waals surface area contributed by atoms with Crippen molar-refractivity contribution in [3.8, 4) is 5.75 Å². The van der Waals surface area contributed by atoms with E-state index in [9.17, 15) is 4.79 Å². The van der Waals surface area contributed by atoms with Gasteiger partial charge in [0.05, 0.1) is 17.8 Å². The number of nitrogens with one attached hydrogen (secondary N) is 2.